The minimum Gasteiger partial charge on any atom is -0.476 e. The van der Waals surface area contributed by atoms with E-state index in [0.29, 0.717) is 12.0 Å². The van der Waals surface area contributed by atoms with Crippen molar-refractivity contribution in [3.63, 3.8) is 0 Å². The van der Waals surface area contributed by atoms with Crippen LogP contribution in [0.25, 0.3) is 5.69 Å². The largest absolute Gasteiger partial charge is 0.476 e. The van der Waals surface area contributed by atoms with E-state index >= 15 is 0 Å². The molecule has 2 aromatic heterocycles. The molecule has 1 N–H and O–H groups in total. The minimum absolute atomic E-state index is 0.0514. The van der Waals surface area contributed by atoms with E-state index in [-0.39, 0.29) is 11.4 Å². The molecule has 0 aliphatic heterocycles. The molecule has 0 bridgehead atoms. The molecule has 0 saturated carbocycles. The fraction of sp³-hybridized carbons (Fsp3) is 0. The summed E-state index contributed by atoms with van der Waals surface area (Å²) in [5, 5.41) is 12.5. The third-order valence-corrected chi connectivity index (χ3v) is 1.96. The maximum absolute atomic E-state index is 10.6. The molecule has 0 aliphatic carbocycles. The second-order valence-electron chi connectivity index (χ2n) is 3.01. The fourth-order valence-electron chi connectivity index (χ4n) is 1.23. The third-order valence-electron chi connectivity index (χ3n) is 1.96. The van der Waals surface area contributed by atoms with Crippen LogP contribution in [0.5, 0.6) is 0 Å². The molecule has 0 atom stereocenters. The first kappa shape index (κ1) is 10.0. The monoisotopic (exact) mass is 217 g/mol. The molecule has 0 amide bonds. The fourth-order valence-corrected chi connectivity index (χ4v) is 1.23. The van der Waals surface area contributed by atoms with Gasteiger partial charge in [0.1, 0.15) is 5.69 Å². The first-order valence-corrected chi connectivity index (χ1v) is 4.41. The summed E-state index contributed by atoms with van der Waals surface area (Å²) in [6, 6.07) is 4.53. The van der Waals surface area contributed by atoms with E-state index < -0.39 is 5.97 Å². The summed E-state index contributed by atoms with van der Waals surface area (Å²) in [6.07, 6.45) is 3.58. The lowest BCUT2D eigenvalue weighted by Crippen LogP contribution is -2.01. The lowest BCUT2D eigenvalue weighted by molar-refractivity contribution is 0.0690. The molecular formula is C10H7N3O3. The molecule has 0 aliphatic rings. The van der Waals surface area contributed by atoms with Gasteiger partial charge in [0.25, 0.3) is 0 Å². The molecule has 0 saturated heterocycles. The second-order valence-corrected chi connectivity index (χ2v) is 3.01. The van der Waals surface area contributed by atoms with Crippen LogP contribution in [-0.2, 0) is 0 Å². The van der Waals surface area contributed by atoms with Crippen LogP contribution in [0.2, 0.25) is 0 Å². The zero-order valence-electron chi connectivity index (χ0n) is 8.07. The van der Waals surface area contributed by atoms with Gasteiger partial charge >= 0.3 is 5.97 Å². The maximum atomic E-state index is 10.6. The quantitative estimate of drug-likeness (QED) is 0.768. The van der Waals surface area contributed by atoms with Crippen molar-refractivity contribution in [3.05, 3.63) is 42.0 Å². The number of carbonyl (C=O) groups is 2. The Morgan fingerprint density at radius 1 is 1.44 bits per heavy atom. The van der Waals surface area contributed by atoms with Crippen LogP contribution >= 0.6 is 0 Å². The van der Waals surface area contributed by atoms with E-state index in [1.165, 1.54) is 29.2 Å². The lowest BCUT2D eigenvalue weighted by Gasteiger charge is -2.00. The van der Waals surface area contributed by atoms with Crippen LogP contribution in [0.4, 0.5) is 0 Å². The van der Waals surface area contributed by atoms with Gasteiger partial charge in [-0.25, -0.2) is 9.48 Å². The molecule has 0 unspecified atom stereocenters. The molecular weight excluding hydrogens is 210 g/mol. The first-order chi connectivity index (χ1) is 7.70. The Morgan fingerprint density at radius 3 is 2.88 bits per heavy atom. The van der Waals surface area contributed by atoms with Crippen molar-refractivity contribution < 1.29 is 14.7 Å². The van der Waals surface area contributed by atoms with Gasteiger partial charge in [0, 0.05) is 12.4 Å². The van der Waals surface area contributed by atoms with Crippen LogP contribution < -0.4 is 0 Å². The summed E-state index contributed by atoms with van der Waals surface area (Å²) < 4.78 is 1.37. The molecule has 6 nitrogen and oxygen atoms in total. The Balaban J connectivity index is 2.42. The number of carbonyl (C=O) groups excluding carboxylic acids is 1. The summed E-state index contributed by atoms with van der Waals surface area (Å²) in [5.74, 6) is -1.09. The predicted octanol–water partition coefficient (Wildman–Crippen LogP) is 0.778. The Bertz CT molecular complexity index is 548. The van der Waals surface area contributed by atoms with Crippen LogP contribution in [-0.4, -0.2) is 32.1 Å². The van der Waals surface area contributed by atoms with Crippen LogP contribution in [0.1, 0.15) is 21.0 Å². The highest BCUT2D eigenvalue weighted by Gasteiger charge is 2.07. The average molecular weight is 217 g/mol. The van der Waals surface area contributed by atoms with Crippen molar-refractivity contribution >= 4 is 12.3 Å². The number of hydrogen-bond acceptors (Lipinski definition) is 4. The lowest BCUT2D eigenvalue weighted by atomic mass is 10.3. The number of aromatic carboxylic acids is 1. The number of aldehydes is 1. The summed E-state index contributed by atoms with van der Waals surface area (Å²) in [6.45, 7) is 0. The van der Waals surface area contributed by atoms with Crippen molar-refractivity contribution in [1.29, 1.82) is 0 Å². The highest BCUT2D eigenvalue weighted by Crippen LogP contribution is 2.07. The van der Waals surface area contributed by atoms with Gasteiger partial charge in [-0.2, -0.15) is 5.10 Å². The molecule has 80 valence electrons. The van der Waals surface area contributed by atoms with Crippen LogP contribution in [0, 0.1) is 0 Å². The van der Waals surface area contributed by atoms with E-state index in [9.17, 15) is 9.59 Å². The van der Waals surface area contributed by atoms with E-state index in [1.54, 1.807) is 6.07 Å². The number of nitrogens with zero attached hydrogens (tertiary/aromatic N) is 3. The summed E-state index contributed by atoms with van der Waals surface area (Å²) in [5.41, 5.74) is 0.805. The van der Waals surface area contributed by atoms with Gasteiger partial charge in [-0.05, 0) is 18.2 Å². The van der Waals surface area contributed by atoms with Crippen molar-refractivity contribution in [2.75, 3.05) is 0 Å². The highest BCUT2D eigenvalue weighted by molar-refractivity contribution is 5.85. The number of carboxylic acid groups (broad SMARTS) is 1. The Labute approximate surface area is 90.2 Å². The Hall–Kier alpha value is -2.50. The van der Waals surface area contributed by atoms with Gasteiger partial charge in [0.2, 0.25) is 0 Å². The summed E-state index contributed by atoms with van der Waals surface area (Å²) in [7, 11) is 0. The van der Waals surface area contributed by atoms with E-state index in [1.807, 2.05) is 0 Å². The predicted molar refractivity (Wildman–Crippen MR) is 53.7 cm³/mol. The van der Waals surface area contributed by atoms with Crippen molar-refractivity contribution in [1.82, 2.24) is 14.8 Å². The topological polar surface area (TPSA) is 85.1 Å². The Morgan fingerprint density at radius 2 is 2.25 bits per heavy atom. The number of aromatic nitrogens is 3. The average Bonchev–Trinajstić information content (AvgIpc) is 2.78. The molecule has 2 rings (SSSR count). The SMILES string of the molecule is O=Cc1cc(-n2ccc(C(=O)O)n2)ccn1. The van der Waals surface area contributed by atoms with Crippen molar-refractivity contribution in [2.24, 2.45) is 0 Å². The molecule has 0 radical (unpaired) electrons. The summed E-state index contributed by atoms with van der Waals surface area (Å²) in [4.78, 5) is 24.9. The molecule has 2 aromatic rings. The zero-order chi connectivity index (χ0) is 11.5. The van der Waals surface area contributed by atoms with E-state index in [0.717, 1.165) is 0 Å². The van der Waals surface area contributed by atoms with Gasteiger partial charge in [-0.1, -0.05) is 0 Å². The molecule has 6 heteroatoms. The zero-order valence-corrected chi connectivity index (χ0v) is 8.07. The molecule has 0 fully saturated rings. The summed E-state index contributed by atoms with van der Waals surface area (Å²) >= 11 is 0. The minimum atomic E-state index is -1.09. The molecule has 16 heavy (non-hydrogen) atoms. The molecule has 0 aromatic carbocycles. The number of rotatable bonds is 3. The van der Waals surface area contributed by atoms with Crippen LogP contribution in [0.15, 0.2) is 30.6 Å². The van der Waals surface area contributed by atoms with Gasteiger partial charge in [-0.3, -0.25) is 9.78 Å². The van der Waals surface area contributed by atoms with Gasteiger partial charge in [-0.15, -0.1) is 0 Å². The Kier molecular flexibility index (Phi) is 2.47. The number of pyridine rings is 1. The maximum Gasteiger partial charge on any atom is 0.356 e. The normalized spacial score (nSPS) is 10.0. The third kappa shape index (κ3) is 1.81. The second kappa shape index (κ2) is 3.93. The molecule has 0 spiro atoms. The van der Waals surface area contributed by atoms with Gasteiger partial charge in [0.05, 0.1) is 5.69 Å². The molecule has 2 heterocycles. The van der Waals surface area contributed by atoms with E-state index in [4.69, 9.17) is 5.11 Å². The standard InChI is InChI=1S/C10H7N3O3/c14-6-7-5-8(1-3-11-7)13-4-2-9(12-13)10(15)16/h1-6H,(H,15,16). The number of hydrogen-bond donors (Lipinski definition) is 1. The van der Waals surface area contributed by atoms with Crippen molar-refractivity contribution in [2.45, 2.75) is 0 Å². The number of carboxylic acids is 1. The van der Waals surface area contributed by atoms with Crippen LogP contribution in [0.3, 0.4) is 0 Å². The first-order valence-electron chi connectivity index (χ1n) is 4.41. The van der Waals surface area contributed by atoms with Crippen molar-refractivity contribution in [3.8, 4) is 5.69 Å². The van der Waals surface area contributed by atoms with E-state index in [2.05, 4.69) is 10.1 Å². The van der Waals surface area contributed by atoms with Gasteiger partial charge in [0.15, 0.2) is 12.0 Å². The smallest absolute Gasteiger partial charge is 0.356 e. The van der Waals surface area contributed by atoms with Gasteiger partial charge < -0.3 is 5.11 Å². The highest BCUT2D eigenvalue weighted by atomic mass is 16.4.